The average Bonchev–Trinajstić information content (AvgIpc) is 3.57. The van der Waals surface area contributed by atoms with Crippen LogP contribution in [0.1, 0.15) is 54.0 Å². The molecule has 5 rings (SSSR count). The zero-order valence-corrected chi connectivity index (χ0v) is 22.7. The van der Waals surface area contributed by atoms with Crippen molar-refractivity contribution < 1.29 is 24.2 Å². The minimum Gasteiger partial charge on any atom is -0.481 e. The second-order valence-corrected chi connectivity index (χ2v) is 10.1. The van der Waals surface area contributed by atoms with Gasteiger partial charge in [-0.1, -0.05) is 78.9 Å². The molecule has 0 fully saturated rings. The summed E-state index contributed by atoms with van der Waals surface area (Å²) in [6.07, 6.45) is 2.39. The highest BCUT2D eigenvalue weighted by Gasteiger charge is 2.30. The summed E-state index contributed by atoms with van der Waals surface area (Å²) in [4.78, 5) is 37.3. The highest BCUT2D eigenvalue weighted by Crippen LogP contribution is 2.44. The Balaban J connectivity index is 1.20. The maximum absolute atomic E-state index is 13.2. The highest BCUT2D eigenvalue weighted by molar-refractivity contribution is 5.86. The molecule has 9 heteroatoms. The third-order valence-electron chi connectivity index (χ3n) is 7.30. The molecule has 0 radical (unpaired) electrons. The Labute approximate surface area is 238 Å². The molecule has 1 heterocycles. The molecule has 2 amide bonds. The van der Waals surface area contributed by atoms with Crippen LogP contribution in [0.25, 0.3) is 11.1 Å². The van der Waals surface area contributed by atoms with E-state index in [1.54, 1.807) is 10.9 Å². The van der Waals surface area contributed by atoms with Gasteiger partial charge < -0.3 is 20.5 Å². The van der Waals surface area contributed by atoms with Crippen LogP contribution in [-0.2, 0) is 20.9 Å². The number of alkyl carbamates (subject to hydrolysis) is 1. The number of hydrogen-bond acceptors (Lipinski definition) is 5. The lowest BCUT2D eigenvalue weighted by molar-refractivity contribution is -0.137. The molecule has 2 atom stereocenters. The first kappa shape index (κ1) is 27.6. The molecular weight excluding hydrogens is 520 g/mol. The van der Waals surface area contributed by atoms with Crippen molar-refractivity contribution in [3.05, 3.63) is 114 Å². The molecule has 1 aromatic heterocycles. The lowest BCUT2D eigenvalue weighted by atomic mass is 9.98. The summed E-state index contributed by atoms with van der Waals surface area (Å²) in [5, 5.41) is 19.0. The van der Waals surface area contributed by atoms with Gasteiger partial charge in [-0.3, -0.25) is 14.3 Å². The smallest absolute Gasteiger partial charge is 0.407 e. The number of amides is 2. The molecule has 0 spiro atoms. The van der Waals surface area contributed by atoms with E-state index < -0.39 is 30.1 Å². The summed E-state index contributed by atoms with van der Waals surface area (Å²) in [6.45, 7) is 2.49. The van der Waals surface area contributed by atoms with Gasteiger partial charge in [0.2, 0.25) is 5.91 Å². The van der Waals surface area contributed by atoms with Gasteiger partial charge in [-0.25, -0.2) is 4.79 Å². The molecule has 0 aliphatic heterocycles. The normalized spacial score (nSPS) is 13.5. The van der Waals surface area contributed by atoms with Gasteiger partial charge in [-0.15, -0.1) is 0 Å². The number of hydrogen-bond donors (Lipinski definition) is 3. The van der Waals surface area contributed by atoms with Gasteiger partial charge in [-0.2, -0.15) is 5.10 Å². The fourth-order valence-corrected chi connectivity index (χ4v) is 5.18. The molecule has 1 aliphatic rings. The monoisotopic (exact) mass is 552 g/mol. The van der Waals surface area contributed by atoms with Crippen molar-refractivity contribution in [1.82, 2.24) is 20.4 Å². The van der Waals surface area contributed by atoms with Crippen LogP contribution >= 0.6 is 0 Å². The first-order valence-corrected chi connectivity index (χ1v) is 13.6. The van der Waals surface area contributed by atoms with Gasteiger partial charge in [0.15, 0.2) is 0 Å². The topological polar surface area (TPSA) is 123 Å². The number of ether oxygens (including phenoxy) is 1. The summed E-state index contributed by atoms with van der Waals surface area (Å²) >= 11 is 0. The zero-order chi connectivity index (χ0) is 28.8. The first-order chi connectivity index (χ1) is 19.9. The Hall–Kier alpha value is -4.92. The van der Waals surface area contributed by atoms with E-state index in [0.717, 1.165) is 33.4 Å². The number of carboxylic acid groups (broad SMARTS) is 1. The third-order valence-corrected chi connectivity index (χ3v) is 7.30. The predicted molar refractivity (Wildman–Crippen MR) is 153 cm³/mol. The second-order valence-electron chi connectivity index (χ2n) is 10.1. The van der Waals surface area contributed by atoms with Crippen LogP contribution in [-0.4, -0.2) is 45.5 Å². The average molecular weight is 553 g/mol. The number of rotatable bonds is 11. The van der Waals surface area contributed by atoms with E-state index in [2.05, 4.69) is 15.7 Å². The van der Waals surface area contributed by atoms with Gasteiger partial charge in [0.05, 0.1) is 18.8 Å². The van der Waals surface area contributed by atoms with Crippen molar-refractivity contribution in [3.63, 3.8) is 0 Å². The summed E-state index contributed by atoms with van der Waals surface area (Å²) in [6, 6.07) is 24.4. The second kappa shape index (κ2) is 12.5. The molecule has 9 nitrogen and oxygen atoms in total. The lowest BCUT2D eigenvalue weighted by Crippen LogP contribution is -2.47. The number of aliphatic carboxylic acids is 1. The minimum atomic E-state index is -1.08. The van der Waals surface area contributed by atoms with Gasteiger partial charge in [0, 0.05) is 24.1 Å². The van der Waals surface area contributed by atoms with Crippen molar-refractivity contribution in [3.8, 4) is 11.1 Å². The summed E-state index contributed by atoms with van der Waals surface area (Å²) < 4.78 is 7.37. The highest BCUT2D eigenvalue weighted by atomic mass is 16.5. The summed E-state index contributed by atoms with van der Waals surface area (Å²) in [5.41, 5.74) is 6.24. The third kappa shape index (κ3) is 6.63. The van der Waals surface area contributed by atoms with Crippen LogP contribution in [0.4, 0.5) is 4.79 Å². The standard InChI is InChI=1S/C32H32N4O5/c1-21(23-17-33-36(19-23)18-22-9-3-2-4-10-22)34-31(39)29(15-16-30(37)38)35-32(40)41-20-28-26-13-7-5-11-24(26)25-12-6-8-14-27(25)28/h2-14,17,19,21,28-29H,15-16,18,20H2,1H3,(H,34,39)(H,35,40)(H,37,38). The van der Waals surface area contributed by atoms with Gasteiger partial charge in [0.25, 0.3) is 0 Å². The Morgan fingerprint density at radius 3 is 2.22 bits per heavy atom. The number of nitrogens with one attached hydrogen (secondary N) is 2. The van der Waals surface area contributed by atoms with Crippen molar-refractivity contribution in [1.29, 1.82) is 0 Å². The van der Waals surface area contributed by atoms with Gasteiger partial charge >= 0.3 is 12.1 Å². The quantitative estimate of drug-likeness (QED) is 0.244. The Kier molecular flexibility index (Phi) is 8.43. The Morgan fingerprint density at radius 1 is 0.927 bits per heavy atom. The van der Waals surface area contributed by atoms with E-state index in [4.69, 9.17) is 4.74 Å². The molecular formula is C32H32N4O5. The molecule has 3 aromatic carbocycles. The number of aromatic nitrogens is 2. The molecule has 0 bridgehead atoms. The van der Waals surface area contributed by atoms with Gasteiger partial charge in [-0.05, 0) is 41.2 Å². The summed E-state index contributed by atoms with van der Waals surface area (Å²) in [5.74, 6) is -1.69. The van der Waals surface area contributed by atoms with Crippen molar-refractivity contribution in [2.75, 3.05) is 6.61 Å². The van der Waals surface area contributed by atoms with E-state index in [0.29, 0.717) is 6.54 Å². The van der Waals surface area contributed by atoms with Crippen molar-refractivity contribution >= 4 is 18.0 Å². The number of benzene rings is 3. The zero-order valence-electron chi connectivity index (χ0n) is 22.7. The van der Waals surface area contributed by atoms with Crippen LogP contribution in [0.15, 0.2) is 91.3 Å². The van der Waals surface area contributed by atoms with E-state index in [1.165, 1.54) is 0 Å². The van der Waals surface area contributed by atoms with Crippen LogP contribution < -0.4 is 10.6 Å². The molecule has 2 unspecified atom stereocenters. The van der Waals surface area contributed by atoms with Crippen LogP contribution in [0.2, 0.25) is 0 Å². The Bertz CT molecular complexity index is 1490. The molecule has 3 N–H and O–H groups in total. The molecule has 1 aliphatic carbocycles. The van der Waals surface area contributed by atoms with Gasteiger partial charge in [0.1, 0.15) is 12.6 Å². The fourth-order valence-electron chi connectivity index (χ4n) is 5.18. The maximum Gasteiger partial charge on any atom is 0.407 e. The predicted octanol–water partition coefficient (Wildman–Crippen LogP) is 4.88. The van der Waals surface area contributed by atoms with Crippen LogP contribution in [0.3, 0.4) is 0 Å². The number of fused-ring (bicyclic) bond motifs is 3. The number of carboxylic acids is 1. The molecule has 0 saturated carbocycles. The molecule has 4 aromatic rings. The van der Waals surface area contributed by atoms with E-state index in [1.807, 2.05) is 92.0 Å². The minimum absolute atomic E-state index is 0.0780. The lowest BCUT2D eigenvalue weighted by Gasteiger charge is -2.21. The molecule has 210 valence electrons. The number of carbonyl (C=O) groups is 3. The molecule has 41 heavy (non-hydrogen) atoms. The fraction of sp³-hybridized carbons (Fsp3) is 0.250. The van der Waals surface area contributed by atoms with Crippen LogP contribution in [0, 0.1) is 0 Å². The first-order valence-electron chi connectivity index (χ1n) is 13.6. The number of carbonyl (C=O) groups excluding carboxylic acids is 2. The van der Waals surface area contributed by atoms with Crippen molar-refractivity contribution in [2.45, 2.75) is 44.3 Å². The van der Waals surface area contributed by atoms with Crippen molar-refractivity contribution in [2.24, 2.45) is 0 Å². The van der Waals surface area contributed by atoms with Crippen LogP contribution in [0.5, 0.6) is 0 Å². The molecule has 0 saturated heterocycles. The van der Waals surface area contributed by atoms with E-state index in [-0.39, 0.29) is 25.4 Å². The SMILES string of the molecule is CC(NC(=O)C(CCC(=O)O)NC(=O)OCC1c2ccccc2-c2ccccc21)c1cnn(Cc2ccccc2)c1. The number of nitrogens with zero attached hydrogens (tertiary/aromatic N) is 2. The van der Waals surface area contributed by atoms with E-state index in [9.17, 15) is 19.5 Å². The largest absolute Gasteiger partial charge is 0.481 e. The Morgan fingerprint density at radius 2 is 1.56 bits per heavy atom. The maximum atomic E-state index is 13.2. The van der Waals surface area contributed by atoms with E-state index >= 15 is 0 Å². The summed E-state index contributed by atoms with van der Waals surface area (Å²) in [7, 11) is 0.